The topological polar surface area (TPSA) is 96.4 Å². The molecule has 176 valence electrons. The molecule has 0 bridgehead atoms. The molecule has 2 aromatic carbocycles. The van der Waals surface area contributed by atoms with Crippen molar-refractivity contribution in [3.8, 4) is 5.75 Å². The fourth-order valence-corrected chi connectivity index (χ4v) is 4.50. The van der Waals surface area contributed by atoms with Crippen LogP contribution in [0.4, 0.5) is 26.0 Å². The van der Waals surface area contributed by atoms with E-state index >= 15 is 4.39 Å². The van der Waals surface area contributed by atoms with Crippen molar-refractivity contribution in [3.05, 3.63) is 48.3 Å². The number of halogens is 2. The number of fused-ring (bicyclic) bond motifs is 1. The first-order valence-electron chi connectivity index (χ1n) is 10.5. The van der Waals surface area contributed by atoms with Crippen LogP contribution in [0.25, 0.3) is 10.9 Å². The maximum atomic E-state index is 15.0. The van der Waals surface area contributed by atoms with Gasteiger partial charge in [0.05, 0.1) is 34.0 Å². The molecule has 3 aromatic rings. The van der Waals surface area contributed by atoms with E-state index in [0.29, 0.717) is 31.4 Å². The molecular formula is C23H26F2N4O3S. The lowest BCUT2D eigenvalue weighted by molar-refractivity contribution is -0.0107. The van der Waals surface area contributed by atoms with Crippen LogP contribution in [0.15, 0.2) is 36.7 Å². The highest BCUT2D eigenvalue weighted by Crippen LogP contribution is 2.36. The summed E-state index contributed by atoms with van der Waals surface area (Å²) < 4.78 is 49.6. The molecule has 0 aliphatic heterocycles. The molecule has 1 heterocycles. The summed E-state index contributed by atoms with van der Waals surface area (Å²) in [5.74, 6) is 2.87. The Kier molecular flexibility index (Phi) is 6.15. The third-order valence-corrected chi connectivity index (χ3v) is 6.19. The van der Waals surface area contributed by atoms with Gasteiger partial charge in [-0.3, -0.25) is 0 Å². The minimum absolute atomic E-state index is 0.124. The van der Waals surface area contributed by atoms with Crippen molar-refractivity contribution in [1.29, 1.82) is 0 Å². The van der Waals surface area contributed by atoms with Crippen LogP contribution < -0.4 is 14.8 Å². The van der Waals surface area contributed by atoms with Crippen molar-refractivity contribution >= 4 is 43.7 Å². The molecule has 0 saturated heterocycles. The number of rotatable bonds is 6. The van der Waals surface area contributed by atoms with Crippen LogP contribution in [0.3, 0.4) is 0 Å². The molecule has 1 aliphatic rings. The Morgan fingerprint density at radius 3 is 2.64 bits per heavy atom. The van der Waals surface area contributed by atoms with Gasteiger partial charge >= 0.3 is 0 Å². The van der Waals surface area contributed by atoms with E-state index in [9.17, 15) is 13.7 Å². The molecule has 0 radical (unpaired) electrons. The summed E-state index contributed by atoms with van der Waals surface area (Å²) in [7, 11) is -2.60. The third kappa shape index (κ3) is 5.69. The van der Waals surface area contributed by atoms with Crippen LogP contribution >= 0.6 is 0 Å². The minimum Gasteiger partial charge on any atom is -0.488 e. The number of hydrogen-bond acceptors (Lipinski definition) is 6. The van der Waals surface area contributed by atoms with Gasteiger partial charge < -0.3 is 19.9 Å². The average Bonchev–Trinajstić information content (AvgIpc) is 2.70. The second-order valence-electron chi connectivity index (χ2n) is 8.76. The van der Waals surface area contributed by atoms with Crippen LogP contribution in [0, 0.1) is 11.6 Å². The van der Waals surface area contributed by atoms with E-state index in [1.54, 1.807) is 13.0 Å². The summed E-state index contributed by atoms with van der Waals surface area (Å²) in [5.41, 5.74) is 0.279. The Balaban J connectivity index is 1.64. The van der Waals surface area contributed by atoms with Crippen LogP contribution in [-0.2, 0) is 9.71 Å². The minimum atomic E-state index is -2.60. The number of aromatic nitrogens is 2. The molecule has 1 fully saturated rings. The van der Waals surface area contributed by atoms with Gasteiger partial charge in [0, 0.05) is 22.0 Å². The molecule has 1 atom stereocenters. The van der Waals surface area contributed by atoms with Crippen molar-refractivity contribution in [2.24, 2.45) is 0 Å². The van der Waals surface area contributed by atoms with E-state index in [2.05, 4.69) is 25.9 Å². The summed E-state index contributed by atoms with van der Waals surface area (Å²) in [6, 6.07) is 6.79. The van der Waals surface area contributed by atoms with Gasteiger partial charge in [0.15, 0.2) is 0 Å². The van der Waals surface area contributed by atoms with Gasteiger partial charge in [-0.25, -0.2) is 23.0 Å². The van der Waals surface area contributed by atoms with Crippen LogP contribution in [0.1, 0.15) is 32.6 Å². The first kappa shape index (κ1) is 23.2. The van der Waals surface area contributed by atoms with E-state index in [-0.39, 0.29) is 34.3 Å². The molecule has 0 spiro atoms. The Hall–Kier alpha value is -2.98. The molecule has 1 aliphatic carbocycles. The molecule has 33 heavy (non-hydrogen) atoms. The predicted molar refractivity (Wildman–Crippen MR) is 127 cm³/mol. The number of benzene rings is 2. The first-order chi connectivity index (χ1) is 15.5. The zero-order valence-corrected chi connectivity index (χ0v) is 19.2. The van der Waals surface area contributed by atoms with Crippen LogP contribution in [0.2, 0.25) is 0 Å². The monoisotopic (exact) mass is 476 g/mol. The lowest BCUT2D eigenvalue weighted by Gasteiger charge is -2.33. The number of nitrogens with zero attached hydrogens (tertiary/aromatic N) is 2. The SMILES string of the molecule is C=S(C)(=O)Nc1cc(F)c2c(Nc3ccc(F)cc3OC3CCC(C)(O)CC3)ncnc2c1. The van der Waals surface area contributed by atoms with E-state index in [1.807, 2.05) is 0 Å². The zero-order chi connectivity index (χ0) is 23.8. The number of ether oxygens (including phenoxy) is 1. The van der Waals surface area contributed by atoms with E-state index in [0.717, 1.165) is 0 Å². The third-order valence-electron chi connectivity index (χ3n) is 5.52. The van der Waals surface area contributed by atoms with Crippen molar-refractivity contribution in [1.82, 2.24) is 9.97 Å². The van der Waals surface area contributed by atoms with Crippen molar-refractivity contribution in [2.75, 3.05) is 16.3 Å². The zero-order valence-electron chi connectivity index (χ0n) is 18.4. The fraction of sp³-hybridized carbons (Fsp3) is 0.348. The van der Waals surface area contributed by atoms with E-state index < -0.39 is 26.9 Å². The van der Waals surface area contributed by atoms with Gasteiger partial charge in [-0.05, 0) is 62.7 Å². The van der Waals surface area contributed by atoms with Gasteiger partial charge in [0.2, 0.25) is 0 Å². The highest BCUT2D eigenvalue weighted by molar-refractivity contribution is 8.00. The van der Waals surface area contributed by atoms with E-state index in [1.165, 1.54) is 36.8 Å². The highest BCUT2D eigenvalue weighted by Gasteiger charge is 2.30. The van der Waals surface area contributed by atoms with Crippen molar-refractivity contribution < 1.29 is 22.8 Å². The van der Waals surface area contributed by atoms with Crippen LogP contribution in [0.5, 0.6) is 5.75 Å². The number of anilines is 3. The normalized spacial score (nSPS) is 22.5. The quantitative estimate of drug-likeness (QED) is 0.457. The lowest BCUT2D eigenvalue weighted by Crippen LogP contribution is -2.34. The maximum absolute atomic E-state index is 15.0. The number of hydrogen-bond donors (Lipinski definition) is 3. The van der Waals surface area contributed by atoms with Gasteiger partial charge in [0.1, 0.15) is 29.5 Å². The molecule has 4 rings (SSSR count). The Morgan fingerprint density at radius 1 is 1.21 bits per heavy atom. The molecule has 0 amide bonds. The summed E-state index contributed by atoms with van der Waals surface area (Å²) >= 11 is 0. The summed E-state index contributed by atoms with van der Waals surface area (Å²) in [4.78, 5) is 8.28. The van der Waals surface area contributed by atoms with E-state index in [4.69, 9.17) is 4.74 Å². The van der Waals surface area contributed by atoms with Crippen molar-refractivity contribution in [3.63, 3.8) is 0 Å². The Labute approximate surface area is 191 Å². The second kappa shape index (κ2) is 8.75. The molecule has 1 aromatic heterocycles. The number of aliphatic hydroxyl groups is 1. The summed E-state index contributed by atoms with van der Waals surface area (Å²) in [6.07, 6.45) is 4.95. The standard InChI is InChI=1S/C23H26F2N4O3S/c1-23(30)8-6-16(7-9-23)32-20-10-14(24)4-5-18(20)28-22-21-17(25)11-15(29-33(2,3)31)12-19(21)26-13-27-22/h4-5,10-13,16,30H,2,6-9H2,1,3H3,(H,29,31)(H,26,27,28). The van der Waals surface area contributed by atoms with Gasteiger partial charge in [-0.1, -0.05) is 0 Å². The van der Waals surface area contributed by atoms with Gasteiger partial charge in [-0.2, -0.15) is 0 Å². The molecule has 7 nitrogen and oxygen atoms in total. The van der Waals surface area contributed by atoms with Crippen molar-refractivity contribution in [2.45, 2.75) is 44.3 Å². The van der Waals surface area contributed by atoms with Crippen LogP contribution in [-0.4, -0.2) is 43.1 Å². The molecule has 1 saturated carbocycles. The summed E-state index contributed by atoms with van der Waals surface area (Å²) in [5, 5.41) is 13.3. The Bertz CT molecular complexity index is 1290. The first-order valence-corrected chi connectivity index (χ1v) is 12.6. The fourth-order valence-electron chi connectivity index (χ4n) is 3.88. The predicted octanol–water partition coefficient (Wildman–Crippen LogP) is 4.40. The molecule has 1 unspecified atom stereocenters. The smallest absolute Gasteiger partial charge is 0.146 e. The number of nitrogens with one attached hydrogen (secondary N) is 2. The lowest BCUT2D eigenvalue weighted by atomic mass is 9.85. The molecule has 3 N–H and O–H groups in total. The molecule has 10 heteroatoms. The largest absolute Gasteiger partial charge is 0.488 e. The highest BCUT2D eigenvalue weighted by atomic mass is 32.2. The maximum Gasteiger partial charge on any atom is 0.146 e. The second-order valence-corrected chi connectivity index (χ2v) is 11.0. The van der Waals surface area contributed by atoms with Gasteiger partial charge in [0.25, 0.3) is 0 Å². The van der Waals surface area contributed by atoms with Gasteiger partial charge in [-0.15, -0.1) is 0 Å². The average molecular weight is 477 g/mol. The Morgan fingerprint density at radius 2 is 1.94 bits per heavy atom. The summed E-state index contributed by atoms with van der Waals surface area (Å²) in [6.45, 7) is 1.80. The molecular weight excluding hydrogens is 450 g/mol.